The normalized spacial score (nSPS) is 10.2. The Morgan fingerprint density at radius 3 is 1.25 bits per heavy atom. The van der Waals surface area contributed by atoms with Crippen LogP contribution in [-0.4, -0.2) is 54.2 Å². The summed E-state index contributed by atoms with van der Waals surface area (Å²) in [4.78, 5) is 28.8. The molecule has 0 aliphatic carbocycles. The van der Waals surface area contributed by atoms with Crippen LogP contribution in [0.5, 0.6) is 23.5 Å². The van der Waals surface area contributed by atoms with Crippen LogP contribution in [0.15, 0.2) is 12.1 Å². The third-order valence-electron chi connectivity index (χ3n) is 3.00. The van der Waals surface area contributed by atoms with Gasteiger partial charge < -0.3 is 18.9 Å². The fraction of sp³-hybridized carbons (Fsp3) is 0.400. The van der Waals surface area contributed by atoms with Crippen LogP contribution < -0.4 is 18.9 Å². The van der Waals surface area contributed by atoms with Gasteiger partial charge in [-0.15, -0.1) is 0 Å². The Hall–Kier alpha value is -2.97. The third-order valence-corrected chi connectivity index (χ3v) is 3.00. The van der Waals surface area contributed by atoms with Crippen LogP contribution in [0, 0.1) is 0 Å². The quantitative estimate of drug-likeness (QED) is 0.688. The number of hydrogen-bond donors (Lipinski definition) is 0. The average molecular weight is 334 g/mol. The summed E-state index contributed by atoms with van der Waals surface area (Å²) in [5.41, 5.74) is 0. The fourth-order valence-corrected chi connectivity index (χ4v) is 1.89. The number of ketones is 1. The molecular formula is C15H18N4O5. The van der Waals surface area contributed by atoms with Crippen LogP contribution in [0.4, 0.5) is 0 Å². The molecule has 0 bridgehead atoms. The Bertz CT molecular complexity index is 619. The summed E-state index contributed by atoms with van der Waals surface area (Å²) in [6, 6.07) is 3.06. The van der Waals surface area contributed by atoms with Gasteiger partial charge >= 0.3 is 0 Å². The molecule has 24 heavy (non-hydrogen) atoms. The van der Waals surface area contributed by atoms with Crippen LogP contribution in [0.1, 0.15) is 11.6 Å². The van der Waals surface area contributed by atoms with Crippen molar-refractivity contribution in [3.05, 3.63) is 23.8 Å². The average Bonchev–Trinajstić information content (AvgIpc) is 2.60. The van der Waals surface area contributed by atoms with Gasteiger partial charge in [0.05, 0.1) is 53.4 Å². The highest BCUT2D eigenvalue weighted by atomic mass is 16.5. The van der Waals surface area contributed by atoms with Gasteiger partial charge in [0.1, 0.15) is 17.4 Å². The number of carbonyl (C=O) groups excluding carboxylic acids is 1. The number of methoxy groups -OCH3 is 4. The van der Waals surface area contributed by atoms with E-state index in [0.29, 0.717) is 35.2 Å². The van der Waals surface area contributed by atoms with E-state index in [-0.39, 0.29) is 18.6 Å². The standard InChI is InChI=1S/C15H18N4O5/c1-21-12-7-13(22-2)17-10(16-12)5-9(20)6-11-18-14(23-3)8-15(19-11)24-4/h7-8H,5-6H2,1-4H3. The molecule has 0 saturated heterocycles. The van der Waals surface area contributed by atoms with Crippen molar-refractivity contribution in [3.63, 3.8) is 0 Å². The molecule has 2 rings (SSSR count). The van der Waals surface area contributed by atoms with Crippen LogP contribution in [-0.2, 0) is 17.6 Å². The summed E-state index contributed by atoms with van der Waals surface area (Å²) < 4.78 is 20.2. The molecule has 0 aromatic carbocycles. The Morgan fingerprint density at radius 1 is 0.708 bits per heavy atom. The Morgan fingerprint density at radius 2 is 1.00 bits per heavy atom. The minimum absolute atomic E-state index is 0.00353. The number of nitrogens with zero attached hydrogens (tertiary/aromatic N) is 4. The highest BCUT2D eigenvalue weighted by molar-refractivity contribution is 5.81. The minimum Gasteiger partial charge on any atom is -0.481 e. The minimum atomic E-state index is -0.166. The van der Waals surface area contributed by atoms with Gasteiger partial charge in [0, 0.05) is 0 Å². The highest BCUT2D eigenvalue weighted by Gasteiger charge is 2.14. The monoisotopic (exact) mass is 334 g/mol. The molecule has 0 radical (unpaired) electrons. The van der Waals surface area contributed by atoms with E-state index in [2.05, 4.69) is 19.9 Å². The lowest BCUT2D eigenvalue weighted by Crippen LogP contribution is -2.13. The molecule has 0 aliphatic rings. The fourth-order valence-electron chi connectivity index (χ4n) is 1.89. The number of aromatic nitrogens is 4. The number of rotatable bonds is 8. The van der Waals surface area contributed by atoms with Crippen molar-refractivity contribution in [1.82, 2.24) is 19.9 Å². The number of hydrogen-bond acceptors (Lipinski definition) is 9. The lowest BCUT2D eigenvalue weighted by molar-refractivity contribution is -0.118. The number of Topliss-reactive ketones (excluding diaryl/α,β-unsaturated/α-hetero) is 1. The van der Waals surface area contributed by atoms with Gasteiger partial charge in [0.2, 0.25) is 23.5 Å². The SMILES string of the molecule is COc1cc(OC)nc(CC(=O)Cc2nc(OC)cc(OC)n2)n1. The van der Waals surface area contributed by atoms with Gasteiger partial charge in [-0.3, -0.25) is 4.79 Å². The zero-order valence-electron chi connectivity index (χ0n) is 13.9. The maximum atomic E-state index is 12.3. The van der Waals surface area contributed by atoms with E-state index in [9.17, 15) is 4.79 Å². The third kappa shape index (κ3) is 4.51. The number of carbonyl (C=O) groups is 1. The van der Waals surface area contributed by atoms with E-state index in [4.69, 9.17) is 18.9 Å². The highest BCUT2D eigenvalue weighted by Crippen LogP contribution is 2.17. The summed E-state index contributed by atoms with van der Waals surface area (Å²) in [7, 11) is 5.90. The van der Waals surface area contributed by atoms with Crippen LogP contribution in [0.2, 0.25) is 0 Å². The molecule has 0 fully saturated rings. The van der Waals surface area contributed by atoms with Crippen molar-refractivity contribution < 1.29 is 23.7 Å². The first-order valence-electron chi connectivity index (χ1n) is 7.01. The molecule has 9 heteroatoms. The van der Waals surface area contributed by atoms with Gasteiger partial charge in [0.15, 0.2) is 0 Å². The molecule has 0 amide bonds. The van der Waals surface area contributed by atoms with Crippen LogP contribution in [0.3, 0.4) is 0 Å². The van der Waals surface area contributed by atoms with Crippen molar-refractivity contribution >= 4 is 5.78 Å². The van der Waals surface area contributed by atoms with Crippen molar-refractivity contribution in [2.45, 2.75) is 12.8 Å². The topological polar surface area (TPSA) is 106 Å². The van der Waals surface area contributed by atoms with Crippen molar-refractivity contribution in [2.75, 3.05) is 28.4 Å². The van der Waals surface area contributed by atoms with E-state index < -0.39 is 0 Å². The Balaban J connectivity index is 2.13. The lowest BCUT2D eigenvalue weighted by atomic mass is 10.2. The van der Waals surface area contributed by atoms with Gasteiger partial charge in [-0.05, 0) is 0 Å². The van der Waals surface area contributed by atoms with Crippen LogP contribution >= 0.6 is 0 Å². The Kier molecular flexibility index (Phi) is 5.83. The second kappa shape index (κ2) is 8.04. The summed E-state index contributed by atoms with van der Waals surface area (Å²) in [6.45, 7) is 0. The first kappa shape index (κ1) is 17.4. The largest absolute Gasteiger partial charge is 0.481 e. The first-order valence-corrected chi connectivity index (χ1v) is 7.01. The summed E-state index contributed by atoms with van der Waals surface area (Å²) in [6.07, 6.45) is -0.00705. The summed E-state index contributed by atoms with van der Waals surface area (Å²) >= 11 is 0. The molecule has 0 unspecified atom stereocenters. The smallest absolute Gasteiger partial charge is 0.220 e. The van der Waals surface area contributed by atoms with E-state index in [1.165, 1.54) is 40.6 Å². The zero-order valence-corrected chi connectivity index (χ0v) is 13.9. The van der Waals surface area contributed by atoms with Crippen molar-refractivity contribution in [3.8, 4) is 23.5 Å². The van der Waals surface area contributed by atoms with E-state index in [1.54, 1.807) is 0 Å². The second-order valence-electron chi connectivity index (χ2n) is 4.63. The van der Waals surface area contributed by atoms with Gasteiger partial charge in [-0.2, -0.15) is 19.9 Å². The molecule has 0 aliphatic heterocycles. The molecule has 0 N–H and O–H groups in total. The second-order valence-corrected chi connectivity index (χ2v) is 4.63. The maximum absolute atomic E-state index is 12.3. The van der Waals surface area contributed by atoms with Crippen molar-refractivity contribution in [1.29, 1.82) is 0 Å². The van der Waals surface area contributed by atoms with Crippen LogP contribution in [0.25, 0.3) is 0 Å². The van der Waals surface area contributed by atoms with Gasteiger partial charge in [-0.1, -0.05) is 0 Å². The molecule has 128 valence electrons. The summed E-state index contributed by atoms with van der Waals surface area (Å²) in [5.74, 6) is 1.72. The molecule has 2 aromatic rings. The number of ether oxygens (including phenoxy) is 4. The molecule has 2 heterocycles. The summed E-state index contributed by atoms with van der Waals surface area (Å²) in [5, 5.41) is 0. The molecular weight excluding hydrogens is 316 g/mol. The molecule has 0 saturated carbocycles. The van der Waals surface area contributed by atoms with Gasteiger partial charge in [0.25, 0.3) is 0 Å². The van der Waals surface area contributed by atoms with E-state index >= 15 is 0 Å². The molecule has 9 nitrogen and oxygen atoms in total. The van der Waals surface area contributed by atoms with Gasteiger partial charge in [-0.25, -0.2) is 0 Å². The predicted molar refractivity (Wildman–Crippen MR) is 82.7 cm³/mol. The molecule has 0 spiro atoms. The molecule has 0 atom stereocenters. The Labute approximate surface area is 139 Å². The van der Waals surface area contributed by atoms with Crippen molar-refractivity contribution in [2.24, 2.45) is 0 Å². The molecule has 2 aromatic heterocycles. The predicted octanol–water partition coefficient (Wildman–Crippen LogP) is 0.655. The van der Waals surface area contributed by atoms with E-state index in [1.807, 2.05) is 0 Å². The first-order chi connectivity index (χ1) is 11.6. The zero-order chi connectivity index (χ0) is 17.5. The lowest BCUT2D eigenvalue weighted by Gasteiger charge is -2.07. The maximum Gasteiger partial charge on any atom is 0.220 e. The van der Waals surface area contributed by atoms with E-state index in [0.717, 1.165) is 0 Å².